The Kier molecular flexibility index (Phi) is 5.81. The van der Waals surface area contributed by atoms with Crippen molar-refractivity contribution in [2.24, 2.45) is 0 Å². The first-order valence-electron chi connectivity index (χ1n) is 11.2. The van der Waals surface area contributed by atoms with Crippen molar-refractivity contribution >= 4 is 34.7 Å². The maximum atomic E-state index is 14.6. The Morgan fingerprint density at radius 2 is 1.92 bits per heavy atom. The van der Waals surface area contributed by atoms with Crippen LogP contribution in [-0.2, 0) is 11.0 Å². The summed E-state index contributed by atoms with van der Waals surface area (Å²) in [6.07, 6.45) is -5.23. The van der Waals surface area contributed by atoms with E-state index in [2.05, 4.69) is 15.4 Å². The number of nitrogens with two attached hydrogens (primary N) is 1. The van der Waals surface area contributed by atoms with Crippen LogP contribution in [0.15, 0.2) is 24.5 Å². The lowest BCUT2D eigenvalue weighted by Crippen LogP contribution is -2.43. The van der Waals surface area contributed by atoms with E-state index in [0.717, 1.165) is 21.8 Å². The van der Waals surface area contributed by atoms with E-state index in [9.17, 15) is 31.5 Å². The van der Waals surface area contributed by atoms with E-state index in [0.29, 0.717) is 5.56 Å². The second-order valence-corrected chi connectivity index (χ2v) is 9.65. The lowest BCUT2D eigenvalue weighted by Gasteiger charge is -2.19. The number of nitrogens with zero attached hydrogens (tertiary/aromatic N) is 4. The molecule has 1 aliphatic carbocycles. The molecule has 0 radical (unpaired) electrons. The number of aromatic nitrogens is 3. The smallest absolute Gasteiger partial charge is 0.382 e. The quantitative estimate of drug-likeness (QED) is 0.489. The third kappa shape index (κ3) is 4.34. The van der Waals surface area contributed by atoms with Gasteiger partial charge in [0.2, 0.25) is 0 Å². The fourth-order valence-electron chi connectivity index (χ4n) is 4.49. The molecule has 3 N–H and O–H groups in total. The van der Waals surface area contributed by atoms with E-state index in [1.807, 2.05) is 0 Å². The second kappa shape index (κ2) is 8.54. The maximum Gasteiger partial charge on any atom is 0.418 e. The molecule has 2 fully saturated rings. The number of alkyl halides is 5. The summed E-state index contributed by atoms with van der Waals surface area (Å²) in [4.78, 5) is 30.0. The molecule has 37 heavy (non-hydrogen) atoms. The topological polar surface area (TPSA) is 106 Å². The molecule has 3 heterocycles. The Hall–Kier alpha value is -3.48. The second-order valence-electron chi connectivity index (χ2n) is 9.27. The molecular formula is C23H20ClF5N6O2. The lowest BCUT2D eigenvalue weighted by molar-refractivity contribution is -0.137. The fraction of sp³-hybridized carbons (Fsp3) is 0.391. The summed E-state index contributed by atoms with van der Waals surface area (Å²) in [6.45, 7) is 0.971. The third-order valence-electron chi connectivity index (χ3n) is 6.61. The van der Waals surface area contributed by atoms with Crippen molar-refractivity contribution < 1.29 is 31.5 Å². The average molecular weight is 543 g/mol. The first-order chi connectivity index (χ1) is 17.3. The van der Waals surface area contributed by atoms with Gasteiger partial charge in [-0.05, 0) is 43.5 Å². The normalized spacial score (nSPS) is 20.9. The zero-order valence-electron chi connectivity index (χ0n) is 19.2. The molecule has 8 nitrogen and oxygen atoms in total. The molecule has 1 saturated heterocycles. The summed E-state index contributed by atoms with van der Waals surface area (Å²) in [6, 6.07) is 2.46. The number of fused-ring (bicyclic) bond motifs is 1. The largest absolute Gasteiger partial charge is 0.418 e. The summed E-state index contributed by atoms with van der Waals surface area (Å²) >= 11 is 6.34. The predicted molar refractivity (Wildman–Crippen MR) is 123 cm³/mol. The van der Waals surface area contributed by atoms with Crippen LogP contribution in [-0.4, -0.2) is 62.3 Å². The maximum absolute atomic E-state index is 14.6. The van der Waals surface area contributed by atoms with E-state index in [-0.39, 0.29) is 53.6 Å². The van der Waals surface area contributed by atoms with Crippen LogP contribution in [0.25, 0.3) is 16.8 Å². The molecule has 0 unspecified atom stereocenters. The summed E-state index contributed by atoms with van der Waals surface area (Å²) in [5.74, 6) is -1.98. The molecule has 1 aliphatic heterocycles. The van der Waals surface area contributed by atoms with E-state index in [1.165, 1.54) is 12.1 Å². The number of carbonyl (C=O) groups is 2. The highest BCUT2D eigenvalue weighted by atomic mass is 35.5. The van der Waals surface area contributed by atoms with Gasteiger partial charge in [-0.1, -0.05) is 11.6 Å². The highest BCUT2D eigenvalue weighted by Gasteiger charge is 2.54. The molecule has 0 bridgehead atoms. The summed E-state index contributed by atoms with van der Waals surface area (Å²) in [5.41, 5.74) is 2.62. The highest BCUT2D eigenvalue weighted by molar-refractivity contribution is 6.34. The van der Waals surface area contributed by atoms with Crippen LogP contribution in [0, 0.1) is 6.92 Å². The Morgan fingerprint density at radius 1 is 1.22 bits per heavy atom. The van der Waals surface area contributed by atoms with Crippen LogP contribution in [0.5, 0.6) is 0 Å². The number of anilines is 1. The molecule has 3 aromatic rings. The predicted octanol–water partition coefficient (Wildman–Crippen LogP) is 3.74. The molecule has 2 aromatic heterocycles. The molecule has 5 rings (SSSR count). The number of likely N-dealkylation sites (tertiary alicyclic amines) is 1. The van der Waals surface area contributed by atoms with Crippen molar-refractivity contribution in [3.8, 4) is 11.3 Å². The van der Waals surface area contributed by atoms with E-state index in [1.54, 1.807) is 6.92 Å². The van der Waals surface area contributed by atoms with Gasteiger partial charge in [0.25, 0.3) is 11.8 Å². The number of benzene rings is 1. The number of nitrogen functional groups attached to an aromatic ring is 1. The number of amides is 2. The van der Waals surface area contributed by atoms with Crippen molar-refractivity contribution in [2.75, 3.05) is 18.8 Å². The van der Waals surface area contributed by atoms with E-state index in [4.69, 9.17) is 17.3 Å². The molecule has 2 aliphatic rings. The van der Waals surface area contributed by atoms with Gasteiger partial charge in [-0.25, -0.2) is 18.3 Å². The lowest BCUT2D eigenvalue weighted by atomic mass is 10.0. The molecular weight excluding hydrogens is 523 g/mol. The van der Waals surface area contributed by atoms with E-state index < -0.39 is 47.0 Å². The SMILES string of the molecule is Cc1cc(-c2cc(C(F)(F)F)c3c(N)ncnn23)cc(C(=O)N[C@@H]2CN(C(=O)C3(F)CC3)C[C@@H]2F)c1Cl. The molecule has 1 aromatic carbocycles. The number of carbonyl (C=O) groups excluding carboxylic acids is 2. The first kappa shape index (κ1) is 25.2. The summed E-state index contributed by atoms with van der Waals surface area (Å²) < 4.78 is 70.9. The zero-order chi connectivity index (χ0) is 26.9. The van der Waals surface area contributed by atoms with Crippen LogP contribution in [0.2, 0.25) is 5.02 Å². The van der Waals surface area contributed by atoms with Gasteiger partial charge in [0.1, 0.15) is 18.0 Å². The molecule has 2 amide bonds. The third-order valence-corrected chi connectivity index (χ3v) is 7.11. The molecule has 0 spiro atoms. The van der Waals surface area contributed by atoms with Crippen molar-refractivity contribution in [2.45, 2.75) is 43.8 Å². The highest BCUT2D eigenvalue weighted by Crippen LogP contribution is 2.42. The summed E-state index contributed by atoms with van der Waals surface area (Å²) in [7, 11) is 0. The van der Waals surface area contributed by atoms with Gasteiger partial charge in [0.15, 0.2) is 11.5 Å². The Bertz CT molecular complexity index is 1440. The van der Waals surface area contributed by atoms with Crippen LogP contribution in [0.1, 0.15) is 34.3 Å². The van der Waals surface area contributed by atoms with Gasteiger partial charge in [-0.15, -0.1) is 0 Å². The number of rotatable bonds is 4. The van der Waals surface area contributed by atoms with Gasteiger partial charge < -0.3 is 16.0 Å². The average Bonchev–Trinajstić information content (AvgIpc) is 3.28. The Balaban J connectivity index is 1.48. The van der Waals surface area contributed by atoms with E-state index >= 15 is 0 Å². The number of hydrogen-bond acceptors (Lipinski definition) is 5. The van der Waals surface area contributed by atoms with Gasteiger partial charge in [-0.2, -0.15) is 18.3 Å². The van der Waals surface area contributed by atoms with Crippen LogP contribution in [0.3, 0.4) is 0 Å². The van der Waals surface area contributed by atoms with Gasteiger partial charge in [0.05, 0.1) is 34.4 Å². The number of nitrogens with one attached hydrogen (secondary N) is 1. The van der Waals surface area contributed by atoms with Gasteiger partial charge in [-0.3, -0.25) is 9.59 Å². The summed E-state index contributed by atoms with van der Waals surface area (Å²) in [5, 5.41) is 6.38. The van der Waals surface area contributed by atoms with Crippen LogP contribution in [0.4, 0.5) is 27.8 Å². The van der Waals surface area contributed by atoms with Crippen molar-refractivity contribution in [3.63, 3.8) is 0 Å². The number of halogens is 6. The van der Waals surface area contributed by atoms with Crippen LogP contribution >= 0.6 is 11.6 Å². The van der Waals surface area contributed by atoms with Crippen molar-refractivity contribution in [1.29, 1.82) is 0 Å². The molecule has 1 saturated carbocycles. The van der Waals surface area contributed by atoms with Crippen molar-refractivity contribution in [3.05, 3.63) is 46.2 Å². The first-order valence-corrected chi connectivity index (χ1v) is 11.6. The monoisotopic (exact) mass is 542 g/mol. The minimum Gasteiger partial charge on any atom is -0.382 e. The Morgan fingerprint density at radius 3 is 2.57 bits per heavy atom. The van der Waals surface area contributed by atoms with Crippen LogP contribution < -0.4 is 11.1 Å². The van der Waals surface area contributed by atoms with Crippen molar-refractivity contribution in [1.82, 2.24) is 24.8 Å². The van der Waals surface area contributed by atoms with Gasteiger partial charge >= 0.3 is 6.18 Å². The minimum absolute atomic E-state index is 0.00863. The molecule has 2 atom stereocenters. The number of hydrogen-bond donors (Lipinski definition) is 2. The minimum atomic E-state index is -4.76. The molecule has 14 heteroatoms. The van der Waals surface area contributed by atoms with Gasteiger partial charge in [0, 0.05) is 12.1 Å². The number of aryl methyl sites for hydroxylation is 1. The molecule has 196 valence electrons. The Labute approximate surface area is 211 Å². The standard InChI is InChI=1S/C23H20ClF5N6O2/c1-10-4-11(16-6-13(23(27,28)29)18-19(30)31-9-32-35(16)18)5-12(17(10)24)20(36)33-15-8-34(7-14(15)25)21(37)22(26)2-3-22/h4-6,9,14-15H,2-3,7-8H2,1H3,(H,33,36)(H2,30,31,32)/t14-,15+/m0/s1. The fourth-order valence-corrected chi connectivity index (χ4v) is 4.69. The zero-order valence-corrected chi connectivity index (χ0v) is 20.0.